The molecule has 2 amide bonds. The molecule has 0 radical (unpaired) electrons. The number of carbonyl (C=O) groups excluding carboxylic acids is 2. The molecule has 4 nitrogen and oxygen atoms in total. The lowest BCUT2D eigenvalue weighted by Crippen LogP contribution is -2.49. The fraction of sp³-hybridized carbons (Fsp3) is 0.556. The number of rotatable bonds is 5. The Bertz CT molecular complexity index is 583. The van der Waals surface area contributed by atoms with Crippen molar-refractivity contribution in [2.45, 2.75) is 51.1 Å². The first-order valence-corrected chi connectivity index (χ1v) is 9.19. The number of likely N-dealkylation sites (tertiary alicyclic amines) is 1. The SMILES string of the molecule is CC(Cc1ccc(Br)cc1)NC(=O)C1CCCN1C(=O)C1CC1. The first kappa shape index (κ1) is 16.5. The highest BCUT2D eigenvalue weighted by Gasteiger charge is 2.40. The third-order valence-corrected chi connectivity index (χ3v) is 5.14. The van der Waals surface area contributed by atoms with Crippen LogP contribution in [0.15, 0.2) is 28.7 Å². The van der Waals surface area contributed by atoms with Crippen LogP contribution in [0.1, 0.15) is 38.2 Å². The molecule has 1 aromatic carbocycles. The van der Waals surface area contributed by atoms with Crippen LogP contribution < -0.4 is 5.32 Å². The highest BCUT2D eigenvalue weighted by Crippen LogP contribution is 2.33. The second-order valence-electron chi connectivity index (χ2n) is 6.70. The average molecular weight is 379 g/mol. The molecule has 1 heterocycles. The average Bonchev–Trinajstić information content (AvgIpc) is 3.25. The van der Waals surface area contributed by atoms with Crippen LogP contribution in [0.2, 0.25) is 0 Å². The van der Waals surface area contributed by atoms with Gasteiger partial charge in [0.15, 0.2) is 0 Å². The molecule has 0 aromatic heterocycles. The zero-order chi connectivity index (χ0) is 16.4. The molecule has 1 saturated heterocycles. The highest BCUT2D eigenvalue weighted by atomic mass is 79.9. The standard InChI is InChI=1S/C18H23BrN2O2/c1-12(11-13-4-8-15(19)9-5-13)20-17(22)16-3-2-10-21(16)18(23)14-6-7-14/h4-5,8-9,12,14,16H,2-3,6-7,10-11H2,1H3,(H,20,22). The van der Waals surface area contributed by atoms with Gasteiger partial charge in [-0.1, -0.05) is 28.1 Å². The van der Waals surface area contributed by atoms with Gasteiger partial charge < -0.3 is 10.2 Å². The summed E-state index contributed by atoms with van der Waals surface area (Å²) in [4.78, 5) is 26.6. The van der Waals surface area contributed by atoms with E-state index in [0.717, 1.165) is 43.1 Å². The molecule has 0 spiro atoms. The van der Waals surface area contributed by atoms with E-state index < -0.39 is 0 Å². The number of benzene rings is 1. The van der Waals surface area contributed by atoms with Gasteiger partial charge in [0.25, 0.3) is 0 Å². The van der Waals surface area contributed by atoms with Gasteiger partial charge in [-0.2, -0.15) is 0 Å². The zero-order valence-electron chi connectivity index (χ0n) is 13.4. The maximum atomic E-state index is 12.5. The lowest BCUT2D eigenvalue weighted by atomic mass is 10.1. The number of nitrogens with one attached hydrogen (secondary N) is 1. The van der Waals surface area contributed by atoms with Crippen molar-refractivity contribution in [1.29, 1.82) is 0 Å². The highest BCUT2D eigenvalue weighted by molar-refractivity contribution is 9.10. The summed E-state index contributed by atoms with van der Waals surface area (Å²) < 4.78 is 1.05. The molecule has 2 unspecified atom stereocenters. The van der Waals surface area contributed by atoms with E-state index in [1.165, 1.54) is 5.56 Å². The first-order chi connectivity index (χ1) is 11.0. The first-order valence-electron chi connectivity index (χ1n) is 8.40. The molecule has 1 aliphatic heterocycles. The molecule has 1 N–H and O–H groups in total. The van der Waals surface area contributed by atoms with Crippen molar-refractivity contribution in [2.24, 2.45) is 5.92 Å². The van der Waals surface area contributed by atoms with E-state index in [4.69, 9.17) is 0 Å². The van der Waals surface area contributed by atoms with Crippen molar-refractivity contribution in [2.75, 3.05) is 6.54 Å². The number of nitrogens with zero attached hydrogens (tertiary/aromatic N) is 1. The molecule has 124 valence electrons. The zero-order valence-corrected chi connectivity index (χ0v) is 15.0. The van der Waals surface area contributed by atoms with Gasteiger partial charge in [0, 0.05) is 23.0 Å². The smallest absolute Gasteiger partial charge is 0.243 e. The van der Waals surface area contributed by atoms with E-state index in [1.54, 1.807) is 4.90 Å². The topological polar surface area (TPSA) is 49.4 Å². The molecule has 5 heteroatoms. The predicted molar refractivity (Wildman–Crippen MR) is 92.9 cm³/mol. The van der Waals surface area contributed by atoms with E-state index in [2.05, 4.69) is 33.4 Å². The van der Waals surface area contributed by atoms with Gasteiger partial charge in [-0.05, 0) is 56.7 Å². The number of hydrogen-bond acceptors (Lipinski definition) is 2. The Morgan fingerprint density at radius 2 is 1.96 bits per heavy atom. The summed E-state index contributed by atoms with van der Waals surface area (Å²) >= 11 is 3.43. The van der Waals surface area contributed by atoms with Gasteiger partial charge in [0.1, 0.15) is 6.04 Å². The lowest BCUT2D eigenvalue weighted by molar-refractivity contribution is -0.139. The minimum absolute atomic E-state index is 0.00103. The summed E-state index contributed by atoms with van der Waals surface area (Å²) in [6.45, 7) is 2.75. The van der Waals surface area contributed by atoms with Crippen molar-refractivity contribution in [3.8, 4) is 0 Å². The Morgan fingerprint density at radius 3 is 2.61 bits per heavy atom. The summed E-state index contributed by atoms with van der Waals surface area (Å²) in [7, 11) is 0. The van der Waals surface area contributed by atoms with E-state index in [1.807, 2.05) is 19.1 Å². The summed E-state index contributed by atoms with van der Waals surface area (Å²) in [5.41, 5.74) is 1.19. The van der Waals surface area contributed by atoms with E-state index in [-0.39, 0.29) is 29.8 Å². The van der Waals surface area contributed by atoms with Crippen molar-refractivity contribution in [3.05, 3.63) is 34.3 Å². The molecular formula is C18H23BrN2O2. The number of halogens is 1. The predicted octanol–water partition coefficient (Wildman–Crippen LogP) is 2.90. The van der Waals surface area contributed by atoms with Gasteiger partial charge in [0.05, 0.1) is 0 Å². The van der Waals surface area contributed by atoms with Crippen LogP contribution in [-0.4, -0.2) is 35.3 Å². The number of hydrogen-bond donors (Lipinski definition) is 1. The van der Waals surface area contributed by atoms with Crippen LogP contribution >= 0.6 is 15.9 Å². The summed E-state index contributed by atoms with van der Waals surface area (Å²) in [6, 6.07) is 7.93. The fourth-order valence-corrected chi connectivity index (χ4v) is 3.50. The minimum atomic E-state index is -0.268. The second kappa shape index (κ2) is 7.04. The maximum absolute atomic E-state index is 12.5. The van der Waals surface area contributed by atoms with Gasteiger partial charge >= 0.3 is 0 Å². The van der Waals surface area contributed by atoms with E-state index in [9.17, 15) is 9.59 Å². The third kappa shape index (κ3) is 4.14. The van der Waals surface area contributed by atoms with Crippen molar-refractivity contribution in [3.63, 3.8) is 0 Å². The largest absolute Gasteiger partial charge is 0.352 e. The monoisotopic (exact) mass is 378 g/mol. The number of carbonyl (C=O) groups is 2. The molecule has 1 aliphatic carbocycles. The molecule has 3 rings (SSSR count). The Morgan fingerprint density at radius 1 is 1.26 bits per heavy atom. The fourth-order valence-electron chi connectivity index (χ4n) is 3.23. The Labute approximate surface area is 145 Å². The molecule has 1 aromatic rings. The van der Waals surface area contributed by atoms with Gasteiger partial charge in [0.2, 0.25) is 11.8 Å². The Kier molecular flexibility index (Phi) is 5.05. The Hall–Kier alpha value is -1.36. The van der Waals surface area contributed by atoms with E-state index >= 15 is 0 Å². The summed E-state index contributed by atoms with van der Waals surface area (Å²) in [5, 5.41) is 3.08. The normalized spacial score (nSPS) is 22.0. The van der Waals surface area contributed by atoms with Crippen molar-refractivity contribution < 1.29 is 9.59 Å². The maximum Gasteiger partial charge on any atom is 0.243 e. The lowest BCUT2D eigenvalue weighted by Gasteiger charge is -2.25. The van der Waals surface area contributed by atoms with Crippen molar-refractivity contribution >= 4 is 27.7 Å². The van der Waals surface area contributed by atoms with Gasteiger partial charge in [-0.25, -0.2) is 0 Å². The van der Waals surface area contributed by atoms with Crippen LogP contribution in [-0.2, 0) is 16.0 Å². The molecule has 2 atom stereocenters. The third-order valence-electron chi connectivity index (χ3n) is 4.61. The Balaban J connectivity index is 1.55. The van der Waals surface area contributed by atoms with Crippen LogP contribution in [0.3, 0.4) is 0 Å². The van der Waals surface area contributed by atoms with Gasteiger partial charge in [-0.15, -0.1) is 0 Å². The van der Waals surface area contributed by atoms with Crippen LogP contribution in [0.5, 0.6) is 0 Å². The summed E-state index contributed by atoms with van der Waals surface area (Å²) in [5.74, 6) is 0.368. The molecule has 23 heavy (non-hydrogen) atoms. The number of amides is 2. The molecule has 2 aliphatic rings. The quantitative estimate of drug-likeness (QED) is 0.855. The van der Waals surface area contributed by atoms with Crippen molar-refractivity contribution in [1.82, 2.24) is 10.2 Å². The second-order valence-corrected chi connectivity index (χ2v) is 7.62. The molecule has 0 bridgehead atoms. The van der Waals surface area contributed by atoms with Crippen LogP contribution in [0.4, 0.5) is 0 Å². The molecule has 2 fully saturated rings. The summed E-state index contributed by atoms with van der Waals surface area (Å²) in [6.07, 6.45) is 4.49. The van der Waals surface area contributed by atoms with Crippen LogP contribution in [0.25, 0.3) is 0 Å². The molecule has 1 saturated carbocycles. The van der Waals surface area contributed by atoms with Gasteiger partial charge in [-0.3, -0.25) is 9.59 Å². The molecular weight excluding hydrogens is 356 g/mol. The minimum Gasteiger partial charge on any atom is -0.352 e. The van der Waals surface area contributed by atoms with E-state index in [0.29, 0.717) is 0 Å². The van der Waals surface area contributed by atoms with Crippen LogP contribution in [0, 0.1) is 5.92 Å².